The third kappa shape index (κ3) is 5.75. The largest absolute Gasteiger partial charge is 0.372 e. The van der Waals surface area contributed by atoms with Crippen LogP contribution in [0, 0.1) is 12.3 Å². The van der Waals surface area contributed by atoms with Gasteiger partial charge in [-0.1, -0.05) is 57.5 Å². The van der Waals surface area contributed by atoms with Gasteiger partial charge < -0.3 is 10.5 Å². The summed E-state index contributed by atoms with van der Waals surface area (Å²) >= 11 is 0. The maximum atomic E-state index is 6.21. The van der Waals surface area contributed by atoms with Crippen molar-refractivity contribution in [2.45, 2.75) is 59.6 Å². The van der Waals surface area contributed by atoms with Crippen molar-refractivity contribution in [1.82, 2.24) is 0 Å². The number of ether oxygens (including phenoxy) is 1. The van der Waals surface area contributed by atoms with Gasteiger partial charge in [0, 0.05) is 12.6 Å². The fraction of sp³-hybridized carbons (Fsp3) is 0.647. The Labute approximate surface area is 118 Å². The molecule has 0 bridgehead atoms. The van der Waals surface area contributed by atoms with E-state index in [4.69, 9.17) is 10.5 Å². The summed E-state index contributed by atoms with van der Waals surface area (Å²) in [6.07, 6.45) is 1.98. The average Bonchev–Trinajstić information content (AvgIpc) is 2.34. The van der Waals surface area contributed by atoms with Crippen LogP contribution in [0.5, 0.6) is 0 Å². The van der Waals surface area contributed by atoms with Crippen molar-refractivity contribution >= 4 is 0 Å². The van der Waals surface area contributed by atoms with Crippen molar-refractivity contribution in [2.24, 2.45) is 11.1 Å². The van der Waals surface area contributed by atoms with Crippen molar-refractivity contribution < 1.29 is 4.74 Å². The number of nitrogens with two attached hydrogens (primary N) is 1. The molecule has 2 atom stereocenters. The Hall–Kier alpha value is -0.860. The highest BCUT2D eigenvalue weighted by Gasteiger charge is 2.20. The quantitative estimate of drug-likeness (QED) is 0.833. The standard InChI is InChI=1S/C17H29NO/c1-6-15(18)16(19-12-11-17(3,4)5)14-9-7-13(2)8-10-14/h7-10,15-16H,6,11-12,18H2,1-5H3. The molecule has 1 aromatic carbocycles. The molecule has 0 spiro atoms. The van der Waals surface area contributed by atoms with E-state index in [0.717, 1.165) is 19.4 Å². The molecule has 0 aliphatic carbocycles. The van der Waals surface area contributed by atoms with Crippen LogP contribution in [0.25, 0.3) is 0 Å². The molecule has 0 fully saturated rings. The van der Waals surface area contributed by atoms with Crippen LogP contribution < -0.4 is 5.73 Å². The lowest BCUT2D eigenvalue weighted by atomic mass is 9.93. The van der Waals surface area contributed by atoms with Crippen LogP contribution in [0.1, 0.15) is 57.8 Å². The Kier molecular flexibility index (Phi) is 6.02. The molecule has 0 saturated heterocycles. The molecule has 2 N–H and O–H groups in total. The zero-order chi connectivity index (χ0) is 14.5. The molecule has 2 heteroatoms. The van der Waals surface area contributed by atoms with E-state index in [2.05, 4.69) is 58.9 Å². The lowest BCUT2D eigenvalue weighted by Crippen LogP contribution is -2.30. The predicted octanol–water partition coefficient (Wildman–Crippen LogP) is 4.23. The predicted molar refractivity (Wildman–Crippen MR) is 82.2 cm³/mol. The summed E-state index contributed by atoms with van der Waals surface area (Å²) in [6.45, 7) is 11.7. The Bertz CT molecular complexity index is 364. The molecule has 0 aliphatic rings. The summed E-state index contributed by atoms with van der Waals surface area (Å²) in [5.41, 5.74) is 8.97. The summed E-state index contributed by atoms with van der Waals surface area (Å²) in [5, 5.41) is 0. The number of rotatable bonds is 6. The second kappa shape index (κ2) is 7.06. The van der Waals surface area contributed by atoms with Crippen LogP contribution in [-0.2, 0) is 4.74 Å². The van der Waals surface area contributed by atoms with E-state index in [1.54, 1.807) is 0 Å². The maximum absolute atomic E-state index is 6.21. The lowest BCUT2D eigenvalue weighted by molar-refractivity contribution is 0.0199. The van der Waals surface area contributed by atoms with Gasteiger partial charge in [0.05, 0.1) is 6.10 Å². The lowest BCUT2D eigenvalue weighted by Gasteiger charge is -2.26. The van der Waals surface area contributed by atoms with Gasteiger partial charge in [0.1, 0.15) is 0 Å². The highest BCUT2D eigenvalue weighted by molar-refractivity contribution is 5.24. The summed E-state index contributed by atoms with van der Waals surface area (Å²) < 4.78 is 6.07. The molecule has 1 aromatic rings. The molecular formula is C17H29NO. The first-order valence-electron chi connectivity index (χ1n) is 7.27. The first-order valence-corrected chi connectivity index (χ1v) is 7.27. The monoisotopic (exact) mass is 263 g/mol. The molecule has 0 aromatic heterocycles. The molecule has 1 rings (SSSR count). The van der Waals surface area contributed by atoms with Gasteiger partial charge in [-0.3, -0.25) is 0 Å². The minimum atomic E-state index is 0.00736. The van der Waals surface area contributed by atoms with Gasteiger partial charge in [-0.25, -0.2) is 0 Å². The molecule has 0 amide bonds. The molecular weight excluding hydrogens is 234 g/mol. The molecule has 2 unspecified atom stereocenters. The highest BCUT2D eigenvalue weighted by atomic mass is 16.5. The van der Waals surface area contributed by atoms with E-state index in [1.807, 2.05) is 0 Å². The first kappa shape index (κ1) is 16.2. The molecule has 0 heterocycles. The Balaban J connectivity index is 2.70. The molecule has 0 aliphatic heterocycles. The molecule has 108 valence electrons. The van der Waals surface area contributed by atoms with Gasteiger partial charge in [-0.2, -0.15) is 0 Å². The Morgan fingerprint density at radius 1 is 1.16 bits per heavy atom. The van der Waals surface area contributed by atoms with Crippen LogP contribution in [0.4, 0.5) is 0 Å². The van der Waals surface area contributed by atoms with E-state index >= 15 is 0 Å². The van der Waals surface area contributed by atoms with E-state index in [0.29, 0.717) is 5.41 Å². The molecule has 2 nitrogen and oxygen atoms in total. The van der Waals surface area contributed by atoms with Crippen LogP contribution in [0.3, 0.4) is 0 Å². The van der Waals surface area contributed by atoms with Crippen molar-refractivity contribution in [1.29, 1.82) is 0 Å². The van der Waals surface area contributed by atoms with Crippen LogP contribution in [0.15, 0.2) is 24.3 Å². The fourth-order valence-electron chi connectivity index (χ4n) is 1.93. The van der Waals surface area contributed by atoms with Crippen molar-refractivity contribution in [3.8, 4) is 0 Å². The Morgan fingerprint density at radius 3 is 2.21 bits per heavy atom. The zero-order valence-electron chi connectivity index (χ0n) is 13.1. The van der Waals surface area contributed by atoms with Crippen LogP contribution >= 0.6 is 0 Å². The second-order valence-electron chi connectivity index (χ2n) is 6.58. The molecule has 0 saturated carbocycles. The summed E-state index contributed by atoms with van der Waals surface area (Å²) in [4.78, 5) is 0. The smallest absolute Gasteiger partial charge is 0.0975 e. The number of aryl methyl sites for hydroxylation is 1. The normalized spacial score (nSPS) is 15.3. The molecule has 19 heavy (non-hydrogen) atoms. The average molecular weight is 263 g/mol. The van der Waals surface area contributed by atoms with E-state index in [-0.39, 0.29) is 12.1 Å². The summed E-state index contributed by atoms with van der Waals surface area (Å²) in [6, 6.07) is 8.57. The van der Waals surface area contributed by atoms with Crippen LogP contribution in [0.2, 0.25) is 0 Å². The number of hydrogen-bond acceptors (Lipinski definition) is 2. The maximum Gasteiger partial charge on any atom is 0.0975 e. The highest BCUT2D eigenvalue weighted by Crippen LogP contribution is 2.25. The fourth-order valence-corrected chi connectivity index (χ4v) is 1.93. The first-order chi connectivity index (χ1) is 8.83. The number of hydrogen-bond donors (Lipinski definition) is 1. The molecule has 0 radical (unpaired) electrons. The zero-order valence-corrected chi connectivity index (χ0v) is 13.1. The van der Waals surface area contributed by atoms with Crippen LogP contribution in [-0.4, -0.2) is 12.6 Å². The SMILES string of the molecule is CCC(N)C(OCCC(C)(C)C)c1ccc(C)cc1. The second-order valence-corrected chi connectivity index (χ2v) is 6.58. The Morgan fingerprint density at radius 2 is 1.74 bits per heavy atom. The summed E-state index contributed by atoms with van der Waals surface area (Å²) in [5.74, 6) is 0. The summed E-state index contributed by atoms with van der Waals surface area (Å²) in [7, 11) is 0. The topological polar surface area (TPSA) is 35.2 Å². The minimum Gasteiger partial charge on any atom is -0.372 e. The number of benzene rings is 1. The van der Waals surface area contributed by atoms with Gasteiger partial charge in [0.2, 0.25) is 0 Å². The van der Waals surface area contributed by atoms with Gasteiger partial charge in [-0.05, 0) is 30.7 Å². The van der Waals surface area contributed by atoms with Gasteiger partial charge >= 0.3 is 0 Å². The minimum absolute atomic E-state index is 0.00736. The van der Waals surface area contributed by atoms with E-state index < -0.39 is 0 Å². The van der Waals surface area contributed by atoms with Crippen molar-refractivity contribution in [3.63, 3.8) is 0 Å². The van der Waals surface area contributed by atoms with Crippen molar-refractivity contribution in [2.75, 3.05) is 6.61 Å². The van der Waals surface area contributed by atoms with Gasteiger partial charge in [0.25, 0.3) is 0 Å². The third-order valence-electron chi connectivity index (χ3n) is 3.42. The van der Waals surface area contributed by atoms with E-state index in [9.17, 15) is 0 Å². The van der Waals surface area contributed by atoms with E-state index in [1.165, 1.54) is 11.1 Å². The van der Waals surface area contributed by atoms with Gasteiger partial charge in [0.15, 0.2) is 0 Å². The van der Waals surface area contributed by atoms with Gasteiger partial charge in [-0.15, -0.1) is 0 Å². The van der Waals surface area contributed by atoms with Crippen molar-refractivity contribution in [3.05, 3.63) is 35.4 Å². The third-order valence-corrected chi connectivity index (χ3v) is 3.42.